The normalized spacial score (nSPS) is 13.6. The molecule has 0 unspecified atom stereocenters. The predicted octanol–water partition coefficient (Wildman–Crippen LogP) is 4.83. The molecular weight excluding hydrogens is 320 g/mol. The number of hydrogen-bond donors (Lipinski definition) is 1. The summed E-state index contributed by atoms with van der Waals surface area (Å²) in [6.45, 7) is 0.891. The number of hydrogen-bond acceptors (Lipinski definition) is 2. The van der Waals surface area contributed by atoms with Gasteiger partial charge in [-0.3, -0.25) is 15.2 Å². The number of fused-ring (bicyclic) bond motifs is 1. The molecule has 0 aromatic heterocycles. The number of allylic oxidation sites excluding steroid dienone is 2. The molecule has 0 radical (unpaired) electrons. The maximum atomic E-state index is 12.2. The van der Waals surface area contributed by atoms with E-state index in [0.717, 1.165) is 50.8 Å². The minimum atomic E-state index is 0.111. The average Bonchev–Trinajstić information content (AvgIpc) is 2.68. The van der Waals surface area contributed by atoms with Crippen molar-refractivity contribution in [3.05, 3.63) is 77.9 Å². The molecule has 3 heteroatoms. The van der Waals surface area contributed by atoms with Gasteiger partial charge in [0.2, 0.25) is 5.91 Å². The van der Waals surface area contributed by atoms with Crippen molar-refractivity contribution in [1.82, 2.24) is 5.43 Å². The number of nitrogens with one attached hydrogen (secondary N) is 1. The van der Waals surface area contributed by atoms with Gasteiger partial charge in [0.1, 0.15) is 0 Å². The van der Waals surface area contributed by atoms with Gasteiger partial charge < -0.3 is 0 Å². The summed E-state index contributed by atoms with van der Waals surface area (Å²) in [7, 11) is 0. The Bertz CT molecular complexity index is 724. The molecule has 3 rings (SSSR count). The third kappa shape index (κ3) is 5.48. The lowest BCUT2D eigenvalue weighted by molar-refractivity contribution is -0.121. The number of unbranched alkanes of at least 4 members (excludes halogenated alkanes) is 1. The number of anilines is 1. The molecule has 1 N–H and O–H groups in total. The van der Waals surface area contributed by atoms with Gasteiger partial charge in [-0.1, -0.05) is 60.7 Å². The van der Waals surface area contributed by atoms with Crippen molar-refractivity contribution in [2.24, 2.45) is 0 Å². The lowest BCUT2D eigenvalue weighted by Gasteiger charge is -2.31. The molecule has 0 fully saturated rings. The fourth-order valence-corrected chi connectivity index (χ4v) is 3.37. The van der Waals surface area contributed by atoms with E-state index < -0.39 is 0 Å². The molecule has 0 bridgehead atoms. The van der Waals surface area contributed by atoms with E-state index in [1.807, 2.05) is 17.1 Å². The minimum absolute atomic E-state index is 0.111. The monoisotopic (exact) mass is 348 g/mol. The van der Waals surface area contributed by atoms with Gasteiger partial charge in [-0.05, 0) is 55.7 Å². The summed E-state index contributed by atoms with van der Waals surface area (Å²) in [5.74, 6) is 0.111. The highest BCUT2D eigenvalue weighted by Crippen LogP contribution is 2.25. The second-order valence-electron chi connectivity index (χ2n) is 6.81. The zero-order valence-electron chi connectivity index (χ0n) is 15.4. The number of benzene rings is 2. The summed E-state index contributed by atoms with van der Waals surface area (Å²) in [6, 6.07) is 18.9. The van der Waals surface area contributed by atoms with E-state index in [2.05, 4.69) is 60.0 Å². The van der Waals surface area contributed by atoms with E-state index in [4.69, 9.17) is 0 Å². The van der Waals surface area contributed by atoms with Crippen molar-refractivity contribution in [3.63, 3.8) is 0 Å². The Morgan fingerprint density at radius 1 is 1.00 bits per heavy atom. The molecule has 0 aliphatic carbocycles. The Balaban J connectivity index is 1.33. The van der Waals surface area contributed by atoms with E-state index in [1.54, 1.807) is 0 Å². The standard InChI is InChI=1S/C23H28N2O/c26-23(24-25-19-11-16-21-15-9-10-17-22(21)25)18-8-3-1-2-5-12-20-13-6-4-7-14-20/h1-2,4,6-7,9-10,13-15,17H,3,5,8,11-12,16,18-19H2,(H,24,26)/b2-1+. The van der Waals surface area contributed by atoms with Crippen molar-refractivity contribution in [2.45, 2.75) is 44.9 Å². The van der Waals surface area contributed by atoms with Crippen LogP contribution in [0.5, 0.6) is 0 Å². The van der Waals surface area contributed by atoms with Crippen LogP contribution in [0.4, 0.5) is 5.69 Å². The largest absolute Gasteiger partial charge is 0.285 e. The summed E-state index contributed by atoms with van der Waals surface area (Å²) in [4.78, 5) is 12.2. The maximum Gasteiger partial charge on any atom is 0.238 e. The van der Waals surface area contributed by atoms with E-state index >= 15 is 0 Å². The van der Waals surface area contributed by atoms with Gasteiger partial charge in [0.25, 0.3) is 0 Å². The number of aryl methyl sites for hydroxylation is 2. The highest BCUT2D eigenvalue weighted by Gasteiger charge is 2.17. The third-order valence-electron chi connectivity index (χ3n) is 4.75. The summed E-state index contributed by atoms with van der Waals surface area (Å²) in [5.41, 5.74) is 6.91. The molecule has 0 spiro atoms. The number of rotatable bonds is 8. The average molecular weight is 348 g/mol. The van der Waals surface area contributed by atoms with Gasteiger partial charge in [0.05, 0.1) is 5.69 Å². The van der Waals surface area contributed by atoms with Crippen LogP contribution in [0.3, 0.4) is 0 Å². The maximum absolute atomic E-state index is 12.2. The first-order valence-corrected chi connectivity index (χ1v) is 9.67. The molecule has 0 atom stereocenters. The molecule has 1 heterocycles. The first-order chi connectivity index (χ1) is 12.8. The third-order valence-corrected chi connectivity index (χ3v) is 4.75. The van der Waals surface area contributed by atoms with Gasteiger partial charge in [-0.2, -0.15) is 0 Å². The van der Waals surface area contributed by atoms with Crippen LogP contribution in [-0.4, -0.2) is 12.5 Å². The molecule has 1 aliphatic heterocycles. The van der Waals surface area contributed by atoms with E-state index in [-0.39, 0.29) is 5.91 Å². The first kappa shape index (κ1) is 18.2. The summed E-state index contributed by atoms with van der Waals surface area (Å²) in [6.07, 6.45) is 11.2. The Hall–Kier alpha value is -2.55. The van der Waals surface area contributed by atoms with Gasteiger partial charge >= 0.3 is 0 Å². The number of carbonyl (C=O) groups excluding carboxylic acids is 1. The summed E-state index contributed by atoms with van der Waals surface area (Å²) >= 11 is 0. The van der Waals surface area contributed by atoms with Crippen molar-refractivity contribution in [2.75, 3.05) is 11.6 Å². The molecule has 2 aromatic rings. The second-order valence-corrected chi connectivity index (χ2v) is 6.81. The first-order valence-electron chi connectivity index (χ1n) is 9.67. The molecule has 1 aliphatic rings. The lowest BCUT2D eigenvalue weighted by atomic mass is 10.0. The van der Waals surface area contributed by atoms with Crippen LogP contribution >= 0.6 is 0 Å². The molecule has 2 aromatic carbocycles. The van der Waals surface area contributed by atoms with Crippen LogP contribution in [-0.2, 0) is 17.6 Å². The number of hydrazine groups is 1. The van der Waals surface area contributed by atoms with Crippen molar-refractivity contribution >= 4 is 11.6 Å². The number of nitrogens with zero attached hydrogens (tertiary/aromatic N) is 1. The SMILES string of the molecule is O=C(CCC/C=C/CCc1ccccc1)NN1CCCc2ccccc21. The van der Waals surface area contributed by atoms with Crippen LogP contribution in [0.25, 0.3) is 0 Å². The van der Waals surface area contributed by atoms with Crippen LogP contribution < -0.4 is 10.4 Å². The molecule has 0 saturated heterocycles. The van der Waals surface area contributed by atoms with Gasteiger partial charge in [-0.15, -0.1) is 0 Å². The Labute approximate surface area is 156 Å². The van der Waals surface area contributed by atoms with Gasteiger partial charge in [-0.25, -0.2) is 0 Å². The Morgan fingerprint density at radius 2 is 1.77 bits per heavy atom. The van der Waals surface area contributed by atoms with Crippen LogP contribution in [0.15, 0.2) is 66.7 Å². The minimum Gasteiger partial charge on any atom is -0.285 e. The predicted molar refractivity (Wildman–Crippen MR) is 108 cm³/mol. The van der Waals surface area contributed by atoms with E-state index in [0.29, 0.717) is 6.42 Å². The van der Waals surface area contributed by atoms with Crippen molar-refractivity contribution in [3.8, 4) is 0 Å². The Kier molecular flexibility index (Phi) is 6.88. The molecular formula is C23H28N2O. The van der Waals surface area contributed by atoms with Crippen LogP contribution in [0, 0.1) is 0 Å². The quantitative estimate of drug-likeness (QED) is 0.547. The summed E-state index contributed by atoms with van der Waals surface area (Å²) in [5, 5.41) is 2.01. The Morgan fingerprint density at radius 3 is 2.65 bits per heavy atom. The molecule has 136 valence electrons. The van der Waals surface area contributed by atoms with Crippen LogP contribution in [0.2, 0.25) is 0 Å². The summed E-state index contributed by atoms with van der Waals surface area (Å²) < 4.78 is 0. The zero-order valence-corrected chi connectivity index (χ0v) is 15.4. The fraction of sp³-hybridized carbons (Fsp3) is 0.348. The van der Waals surface area contributed by atoms with Crippen molar-refractivity contribution in [1.29, 1.82) is 0 Å². The van der Waals surface area contributed by atoms with Gasteiger partial charge in [0, 0.05) is 13.0 Å². The zero-order chi connectivity index (χ0) is 18.0. The topological polar surface area (TPSA) is 32.3 Å². The molecule has 0 saturated carbocycles. The highest BCUT2D eigenvalue weighted by atomic mass is 16.2. The molecule has 3 nitrogen and oxygen atoms in total. The number of para-hydroxylation sites is 1. The van der Waals surface area contributed by atoms with E-state index in [9.17, 15) is 4.79 Å². The fourth-order valence-electron chi connectivity index (χ4n) is 3.37. The number of carbonyl (C=O) groups is 1. The second kappa shape index (κ2) is 9.81. The number of amides is 1. The lowest BCUT2D eigenvalue weighted by Crippen LogP contribution is -2.45. The highest BCUT2D eigenvalue weighted by molar-refractivity contribution is 5.78. The van der Waals surface area contributed by atoms with Crippen LogP contribution in [0.1, 0.15) is 43.2 Å². The smallest absolute Gasteiger partial charge is 0.238 e. The van der Waals surface area contributed by atoms with Gasteiger partial charge in [0.15, 0.2) is 0 Å². The molecule has 26 heavy (non-hydrogen) atoms. The van der Waals surface area contributed by atoms with E-state index in [1.165, 1.54) is 11.1 Å². The van der Waals surface area contributed by atoms with Crippen molar-refractivity contribution < 1.29 is 4.79 Å². The molecule has 1 amide bonds.